The van der Waals surface area contributed by atoms with Gasteiger partial charge in [0.2, 0.25) is 11.8 Å². The van der Waals surface area contributed by atoms with Gasteiger partial charge in [-0.1, -0.05) is 0 Å². The van der Waals surface area contributed by atoms with Crippen LogP contribution in [0.4, 0.5) is 4.79 Å². The molecule has 0 aliphatic carbocycles. The summed E-state index contributed by atoms with van der Waals surface area (Å²) in [4.78, 5) is 37.4. The van der Waals surface area contributed by atoms with Gasteiger partial charge in [0.15, 0.2) is 0 Å². The minimum Gasteiger partial charge on any atom is -0.396 e. The molecule has 0 aromatic heterocycles. The molecule has 2 N–H and O–H groups in total. The lowest BCUT2D eigenvalue weighted by Crippen LogP contribution is -2.39. The van der Waals surface area contributed by atoms with Crippen LogP contribution >= 0.6 is 0 Å². The Labute approximate surface area is 124 Å². The summed E-state index contributed by atoms with van der Waals surface area (Å²) in [5.41, 5.74) is 0. The van der Waals surface area contributed by atoms with Crippen LogP contribution < -0.4 is 5.32 Å². The zero-order chi connectivity index (χ0) is 15.8. The van der Waals surface area contributed by atoms with Crippen molar-refractivity contribution in [3.05, 3.63) is 0 Å². The second-order valence-corrected chi connectivity index (χ2v) is 5.02. The Hall–Kier alpha value is -1.67. The SMILES string of the molecule is COCC(CCO)NC(=O)CCCN1C(=O)CN(C)C1=O. The van der Waals surface area contributed by atoms with E-state index >= 15 is 0 Å². The maximum absolute atomic E-state index is 11.8. The Balaban J connectivity index is 2.30. The number of likely N-dealkylation sites (N-methyl/N-ethyl adjacent to an activating group) is 1. The number of aliphatic hydroxyl groups is 1. The predicted octanol–water partition coefficient (Wildman–Crippen LogP) is -0.826. The first kappa shape index (κ1) is 17.4. The van der Waals surface area contributed by atoms with Gasteiger partial charge < -0.3 is 20.1 Å². The lowest BCUT2D eigenvalue weighted by Gasteiger charge is -2.17. The van der Waals surface area contributed by atoms with Crippen LogP contribution in [0.5, 0.6) is 0 Å². The van der Waals surface area contributed by atoms with Gasteiger partial charge in [-0.15, -0.1) is 0 Å². The summed E-state index contributed by atoms with van der Waals surface area (Å²) in [6, 6.07) is -0.549. The minimum atomic E-state index is -0.321. The zero-order valence-electron chi connectivity index (χ0n) is 12.5. The number of nitrogens with zero attached hydrogens (tertiary/aromatic N) is 2. The lowest BCUT2D eigenvalue weighted by molar-refractivity contribution is -0.126. The monoisotopic (exact) mass is 301 g/mol. The number of amides is 4. The Morgan fingerprint density at radius 2 is 2.19 bits per heavy atom. The maximum Gasteiger partial charge on any atom is 0.326 e. The Bertz CT molecular complexity index is 382. The summed E-state index contributed by atoms with van der Waals surface area (Å²) < 4.78 is 4.95. The molecule has 0 radical (unpaired) electrons. The van der Waals surface area contributed by atoms with Gasteiger partial charge in [-0.2, -0.15) is 0 Å². The van der Waals surface area contributed by atoms with Crippen molar-refractivity contribution in [2.75, 3.05) is 40.5 Å². The minimum absolute atomic E-state index is 0.0303. The summed E-state index contributed by atoms with van der Waals surface area (Å²) >= 11 is 0. The highest BCUT2D eigenvalue weighted by Gasteiger charge is 2.32. The first-order chi connectivity index (χ1) is 9.99. The third kappa shape index (κ3) is 5.31. The number of carbonyl (C=O) groups excluding carboxylic acids is 3. The second-order valence-electron chi connectivity index (χ2n) is 5.02. The van der Waals surface area contributed by atoms with Crippen molar-refractivity contribution in [3.8, 4) is 0 Å². The average molecular weight is 301 g/mol. The van der Waals surface area contributed by atoms with E-state index in [0.717, 1.165) is 4.90 Å². The van der Waals surface area contributed by atoms with Crippen LogP contribution in [0.3, 0.4) is 0 Å². The second kappa shape index (κ2) is 8.58. The number of rotatable bonds is 9. The molecule has 0 saturated carbocycles. The lowest BCUT2D eigenvalue weighted by atomic mass is 10.2. The molecule has 1 atom stereocenters. The number of nitrogens with one attached hydrogen (secondary N) is 1. The van der Waals surface area contributed by atoms with Gasteiger partial charge in [-0.3, -0.25) is 14.5 Å². The molecule has 1 aliphatic heterocycles. The number of urea groups is 1. The van der Waals surface area contributed by atoms with E-state index in [2.05, 4.69) is 5.32 Å². The Kier molecular flexibility index (Phi) is 7.10. The van der Waals surface area contributed by atoms with E-state index in [1.165, 1.54) is 12.0 Å². The fourth-order valence-electron chi connectivity index (χ4n) is 2.14. The van der Waals surface area contributed by atoms with E-state index in [4.69, 9.17) is 9.84 Å². The highest BCUT2D eigenvalue weighted by Crippen LogP contribution is 2.09. The van der Waals surface area contributed by atoms with Crippen LogP contribution in [0.1, 0.15) is 19.3 Å². The first-order valence-corrected chi connectivity index (χ1v) is 6.94. The third-order valence-corrected chi connectivity index (χ3v) is 3.23. The Morgan fingerprint density at radius 1 is 1.48 bits per heavy atom. The third-order valence-electron chi connectivity index (χ3n) is 3.23. The van der Waals surface area contributed by atoms with Crippen molar-refractivity contribution in [2.45, 2.75) is 25.3 Å². The topological polar surface area (TPSA) is 99.2 Å². The van der Waals surface area contributed by atoms with E-state index in [1.54, 1.807) is 7.05 Å². The van der Waals surface area contributed by atoms with Gasteiger partial charge in [0.25, 0.3) is 0 Å². The molecule has 120 valence electrons. The van der Waals surface area contributed by atoms with E-state index in [0.29, 0.717) is 19.4 Å². The van der Waals surface area contributed by atoms with Crippen molar-refractivity contribution in [3.63, 3.8) is 0 Å². The fraction of sp³-hybridized carbons (Fsp3) is 0.769. The smallest absolute Gasteiger partial charge is 0.326 e. The molecule has 1 heterocycles. The molecule has 1 unspecified atom stereocenters. The summed E-state index contributed by atoms with van der Waals surface area (Å²) in [5.74, 6) is -0.418. The molecule has 1 fully saturated rings. The van der Waals surface area contributed by atoms with Crippen LogP contribution in [0.25, 0.3) is 0 Å². The maximum atomic E-state index is 11.8. The Morgan fingerprint density at radius 3 is 2.71 bits per heavy atom. The summed E-state index contributed by atoms with van der Waals surface area (Å²) in [6.07, 6.45) is 1.05. The van der Waals surface area contributed by atoms with Crippen LogP contribution in [0, 0.1) is 0 Å². The first-order valence-electron chi connectivity index (χ1n) is 6.94. The zero-order valence-corrected chi connectivity index (χ0v) is 12.5. The molecule has 0 aromatic rings. The molecular weight excluding hydrogens is 278 g/mol. The highest BCUT2D eigenvalue weighted by molar-refractivity contribution is 6.01. The van der Waals surface area contributed by atoms with E-state index in [-0.39, 0.29) is 50.0 Å². The largest absolute Gasteiger partial charge is 0.396 e. The van der Waals surface area contributed by atoms with Crippen molar-refractivity contribution in [1.29, 1.82) is 0 Å². The van der Waals surface area contributed by atoms with Gasteiger partial charge in [-0.25, -0.2) is 4.79 Å². The highest BCUT2D eigenvalue weighted by atomic mass is 16.5. The number of imide groups is 1. The normalized spacial score (nSPS) is 16.5. The number of carbonyl (C=O) groups is 3. The fourth-order valence-corrected chi connectivity index (χ4v) is 2.14. The number of ether oxygens (including phenoxy) is 1. The molecule has 1 saturated heterocycles. The van der Waals surface area contributed by atoms with Crippen LogP contribution in [-0.4, -0.2) is 79.3 Å². The van der Waals surface area contributed by atoms with Crippen LogP contribution in [0.2, 0.25) is 0 Å². The van der Waals surface area contributed by atoms with Gasteiger partial charge >= 0.3 is 6.03 Å². The van der Waals surface area contributed by atoms with Gasteiger partial charge in [0, 0.05) is 33.7 Å². The van der Waals surface area contributed by atoms with Crippen molar-refractivity contribution < 1.29 is 24.2 Å². The molecule has 0 spiro atoms. The molecule has 4 amide bonds. The van der Waals surface area contributed by atoms with E-state index < -0.39 is 0 Å². The molecule has 0 bridgehead atoms. The molecular formula is C13H23N3O5. The quantitative estimate of drug-likeness (QED) is 0.542. The molecule has 8 nitrogen and oxygen atoms in total. The molecule has 1 rings (SSSR count). The van der Waals surface area contributed by atoms with E-state index in [9.17, 15) is 14.4 Å². The summed E-state index contributed by atoms with van der Waals surface area (Å²) in [7, 11) is 3.09. The molecule has 0 aromatic carbocycles. The van der Waals surface area contributed by atoms with Gasteiger partial charge in [0.1, 0.15) is 6.54 Å². The van der Waals surface area contributed by atoms with Gasteiger partial charge in [0.05, 0.1) is 12.6 Å². The molecule has 21 heavy (non-hydrogen) atoms. The molecule has 8 heteroatoms. The number of aliphatic hydroxyl groups excluding tert-OH is 1. The van der Waals surface area contributed by atoms with Crippen molar-refractivity contribution in [1.82, 2.24) is 15.1 Å². The van der Waals surface area contributed by atoms with E-state index in [1.807, 2.05) is 0 Å². The van der Waals surface area contributed by atoms with Crippen molar-refractivity contribution >= 4 is 17.8 Å². The standard InChI is InChI=1S/C13H23N3O5/c1-15-8-12(19)16(13(15)20)6-3-4-11(18)14-10(5-7-17)9-21-2/h10,17H,3-9H2,1-2H3,(H,14,18). The van der Waals surface area contributed by atoms with Crippen molar-refractivity contribution in [2.24, 2.45) is 0 Å². The number of hydrogen-bond donors (Lipinski definition) is 2. The predicted molar refractivity (Wildman–Crippen MR) is 74.5 cm³/mol. The number of hydrogen-bond acceptors (Lipinski definition) is 5. The van der Waals surface area contributed by atoms with Gasteiger partial charge in [-0.05, 0) is 12.8 Å². The number of methoxy groups -OCH3 is 1. The summed E-state index contributed by atoms with van der Waals surface area (Å²) in [5, 5.41) is 11.6. The molecule has 1 aliphatic rings. The average Bonchev–Trinajstić information content (AvgIpc) is 2.65. The van der Waals surface area contributed by atoms with Crippen LogP contribution in [-0.2, 0) is 14.3 Å². The summed E-state index contributed by atoms with van der Waals surface area (Å²) in [6.45, 7) is 0.638. The van der Waals surface area contributed by atoms with Crippen LogP contribution in [0.15, 0.2) is 0 Å².